The van der Waals surface area contributed by atoms with Gasteiger partial charge in [0, 0.05) is 18.0 Å². The van der Waals surface area contributed by atoms with E-state index in [-0.39, 0.29) is 24.0 Å². The van der Waals surface area contributed by atoms with Crippen LogP contribution in [0.4, 0.5) is 0 Å². The third-order valence-corrected chi connectivity index (χ3v) is 4.70. The van der Waals surface area contributed by atoms with Crippen molar-refractivity contribution in [1.82, 2.24) is 15.3 Å². The molecule has 0 radical (unpaired) electrons. The van der Waals surface area contributed by atoms with Crippen molar-refractivity contribution in [2.75, 3.05) is 7.11 Å². The highest BCUT2D eigenvalue weighted by molar-refractivity contribution is 5.95. The molecular weight excluding hydrogens is 318 g/mol. The fraction of sp³-hybridized carbons (Fsp3) is 0.421. The molecule has 0 aromatic carbocycles. The number of methoxy groups -OCH3 is 1. The number of hydrogen-bond acceptors (Lipinski definition) is 5. The molecule has 1 amide bonds. The third kappa shape index (κ3) is 3.79. The van der Waals surface area contributed by atoms with Crippen LogP contribution in [0.1, 0.15) is 46.2 Å². The van der Waals surface area contributed by atoms with Crippen LogP contribution in [0, 0.1) is 19.8 Å². The van der Waals surface area contributed by atoms with Gasteiger partial charge in [-0.05, 0) is 50.3 Å². The smallest absolute Gasteiger partial charge is 0.253 e. The molecule has 2 N–H and O–H groups in total. The predicted molar refractivity (Wildman–Crippen MR) is 93.4 cm³/mol. The molecule has 0 spiro atoms. The summed E-state index contributed by atoms with van der Waals surface area (Å²) < 4.78 is 5.10. The number of aromatic nitrogens is 2. The lowest BCUT2D eigenvalue weighted by Gasteiger charge is -2.38. The summed E-state index contributed by atoms with van der Waals surface area (Å²) in [5.74, 6) is 0.557. The Morgan fingerprint density at radius 1 is 1.28 bits per heavy atom. The largest absolute Gasteiger partial charge is 0.481 e. The number of rotatable bonds is 5. The summed E-state index contributed by atoms with van der Waals surface area (Å²) in [6.07, 6.45) is 2.76. The molecule has 0 aliphatic heterocycles. The zero-order chi connectivity index (χ0) is 18.0. The summed E-state index contributed by atoms with van der Waals surface area (Å²) in [6, 6.07) is 7.12. The van der Waals surface area contributed by atoms with Crippen LogP contribution in [0.5, 0.6) is 5.88 Å². The minimum absolute atomic E-state index is 0.160. The quantitative estimate of drug-likeness (QED) is 0.872. The lowest BCUT2D eigenvalue weighted by molar-refractivity contribution is 0.0234. The number of aryl methyl sites for hydroxylation is 2. The molecular formula is C19H23N3O3. The van der Waals surface area contributed by atoms with Gasteiger partial charge in [-0.25, -0.2) is 4.98 Å². The lowest BCUT2D eigenvalue weighted by atomic mass is 9.75. The Kier molecular flexibility index (Phi) is 4.99. The number of amides is 1. The Balaban J connectivity index is 1.83. The summed E-state index contributed by atoms with van der Waals surface area (Å²) in [4.78, 5) is 21.3. The van der Waals surface area contributed by atoms with E-state index in [2.05, 4.69) is 15.3 Å². The van der Waals surface area contributed by atoms with Crippen molar-refractivity contribution in [1.29, 1.82) is 0 Å². The summed E-state index contributed by atoms with van der Waals surface area (Å²) in [5, 5.41) is 12.8. The molecule has 0 saturated heterocycles. The lowest BCUT2D eigenvalue weighted by Crippen LogP contribution is -2.41. The SMILES string of the molecule is COc1ccc([C@H](NC(=O)c2ccc(C)nc2C)C2CC(O)C2)cn1. The number of carbonyl (C=O) groups is 1. The van der Waals surface area contributed by atoms with Gasteiger partial charge < -0.3 is 15.2 Å². The van der Waals surface area contributed by atoms with E-state index in [1.54, 1.807) is 25.4 Å². The van der Waals surface area contributed by atoms with E-state index in [1.807, 2.05) is 26.0 Å². The van der Waals surface area contributed by atoms with Gasteiger partial charge in [-0.2, -0.15) is 0 Å². The van der Waals surface area contributed by atoms with Crippen molar-refractivity contribution in [3.8, 4) is 5.88 Å². The monoisotopic (exact) mass is 341 g/mol. The molecule has 1 fully saturated rings. The number of nitrogens with zero attached hydrogens (tertiary/aromatic N) is 2. The van der Waals surface area contributed by atoms with Crippen molar-refractivity contribution in [3.63, 3.8) is 0 Å². The average molecular weight is 341 g/mol. The Bertz CT molecular complexity index is 755. The van der Waals surface area contributed by atoms with E-state index >= 15 is 0 Å². The van der Waals surface area contributed by atoms with Gasteiger partial charge in [0.2, 0.25) is 5.88 Å². The number of aliphatic hydroxyl groups excluding tert-OH is 1. The fourth-order valence-corrected chi connectivity index (χ4v) is 3.22. The normalized spacial score (nSPS) is 20.5. The van der Waals surface area contributed by atoms with Crippen molar-refractivity contribution in [2.24, 2.45) is 5.92 Å². The second-order valence-electron chi connectivity index (χ2n) is 6.56. The maximum absolute atomic E-state index is 12.8. The van der Waals surface area contributed by atoms with Crippen molar-refractivity contribution < 1.29 is 14.6 Å². The molecule has 1 atom stereocenters. The third-order valence-electron chi connectivity index (χ3n) is 4.70. The second-order valence-corrected chi connectivity index (χ2v) is 6.56. The van der Waals surface area contributed by atoms with Crippen LogP contribution in [-0.4, -0.2) is 34.2 Å². The van der Waals surface area contributed by atoms with E-state index < -0.39 is 0 Å². The van der Waals surface area contributed by atoms with Gasteiger partial charge in [0.05, 0.1) is 30.5 Å². The van der Waals surface area contributed by atoms with Gasteiger partial charge >= 0.3 is 0 Å². The molecule has 1 aliphatic rings. The Morgan fingerprint density at radius 3 is 2.60 bits per heavy atom. The Hall–Kier alpha value is -2.47. The Morgan fingerprint density at radius 2 is 2.04 bits per heavy atom. The summed E-state index contributed by atoms with van der Waals surface area (Å²) >= 11 is 0. The maximum Gasteiger partial charge on any atom is 0.253 e. The molecule has 132 valence electrons. The van der Waals surface area contributed by atoms with Crippen LogP contribution < -0.4 is 10.1 Å². The molecule has 0 bridgehead atoms. The molecule has 2 aromatic heterocycles. The van der Waals surface area contributed by atoms with E-state index in [0.717, 1.165) is 11.3 Å². The first-order chi connectivity index (χ1) is 12.0. The average Bonchev–Trinajstić information content (AvgIpc) is 2.57. The van der Waals surface area contributed by atoms with Gasteiger partial charge in [0.25, 0.3) is 5.91 Å². The summed E-state index contributed by atoms with van der Waals surface area (Å²) in [5.41, 5.74) is 3.06. The number of aliphatic hydroxyl groups is 1. The van der Waals surface area contributed by atoms with E-state index in [9.17, 15) is 9.90 Å². The molecule has 1 saturated carbocycles. The first kappa shape index (κ1) is 17.4. The van der Waals surface area contributed by atoms with Gasteiger partial charge in [-0.1, -0.05) is 6.07 Å². The molecule has 2 heterocycles. The van der Waals surface area contributed by atoms with Crippen LogP contribution in [-0.2, 0) is 0 Å². The number of carbonyl (C=O) groups excluding carboxylic acids is 1. The molecule has 3 rings (SSSR count). The van der Waals surface area contributed by atoms with Crippen LogP contribution >= 0.6 is 0 Å². The highest BCUT2D eigenvalue weighted by Crippen LogP contribution is 2.38. The highest BCUT2D eigenvalue weighted by atomic mass is 16.5. The first-order valence-electron chi connectivity index (χ1n) is 8.41. The minimum atomic E-state index is -0.293. The van der Waals surface area contributed by atoms with Gasteiger partial charge in [0.1, 0.15) is 0 Å². The zero-order valence-electron chi connectivity index (χ0n) is 14.7. The van der Waals surface area contributed by atoms with Crippen molar-refractivity contribution >= 4 is 5.91 Å². The van der Waals surface area contributed by atoms with Crippen LogP contribution in [0.15, 0.2) is 30.5 Å². The molecule has 1 aliphatic carbocycles. The van der Waals surface area contributed by atoms with E-state index in [1.165, 1.54) is 0 Å². The van der Waals surface area contributed by atoms with Gasteiger partial charge in [-0.15, -0.1) is 0 Å². The molecule has 2 aromatic rings. The van der Waals surface area contributed by atoms with Crippen LogP contribution in [0.3, 0.4) is 0 Å². The number of pyridine rings is 2. The van der Waals surface area contributed by atoms with Crippen LogP contribution in [0.25, 0.3) is 0 Å². The number of ether oxygens (including phenoxy) is 1. The van der Waals surface area contributed by atoms with E-state index in [4.69, 9.17) is 4.74 Å². The molecule has 6 nitrogen and oxygen atoms in total. The Labute approximate surface area is 147 Å². The van der Waals surface area contributed by atoms with E-state index in [0.29, 0.717) is 30.0 Å². The summed E-state index contributed by atoms with van der Waals surface area (Å²) in [6.45, 7) is 3.73. The number of nitrogens with one attached hydrogen (secondary N) is 1. The highest BCUT2D eigenvalue weighted by Gasteiger charge is 2.36. The topological polar surface area (TPSA) is 84.3 Å². The maximum atomic E-state index is 12.8. The molecule has 0 unspecified atom stereocenters. The second kappa shape index (κ2) is 7.19. The first-order valence-corrected chi connectivity index (χ1v) is 8.41. The zero-order valence-corrected chi connectivity index (χ0v) is 14.7. The standard InChI is InChI=1S/C19H23N3O3/c1-11-4-6-16(12(2)21-11)19(24)22-18(14-8-15(23)9-14)13-5-7-17(25-3)20-10-13/h4-7,10,14-15,18,23H,8-9H2,1-3H3,(H,22,24)/t14?,15?,18-/m0/s1. The number of hydrogen-bond donors (Lipinski definition) is 2. The van der Waals surface area contributed by atoms with Crippen LogP contribution in [0.2, 0.25) is 0 Å². The molecule has 25 heavy (non-hydrogen) atoms. The van der Waals surface area contributed by atoms with Gasteiger partial charge in [-0.3, -0.25) is 9.78 Å². The minimum Gasteiger partial charge on any atom is -0.481 e. The van der Waals surface area contributed by atoms with Gasteiger partial charge in [0.15, 0.2) is 0 Å². The molecule has 6 heteroatoms. The fourth-order valence-electron chi connectivity index (χ4n) is 3.22. The summed E-state index contributed by atoms with van der Waals surface area (Å²) in [7, 11) is 1.57. The van der Waals surface area contributed by atoms with Crippen molar-refractivity contribution in [2.45, 2.75) is 38.8 Å². The predicted octanol–water partition coefficient (Wildman–Crippen LogP) is 2.34. The van der Waals surface area contributed by atoms with Crippen molar-refractivity contribution in [3.05, 3.63) is 53.0 Å².